The number of imidazole rings is 1. The van der Waals surface area contributed by atoms with E-state index in [1.807, 2.05) is 6.07 Å². The number of nitrogens with zero attached hydrogens (tertiary/aromatic N) is 3. The molecule has 3 heterocycles. The van der Waals surface area contributed by atoms with E-state index in [-0.39, 0.29) is 11.9 Å². The van der Waals surface area contributed by atoms with E-state index in [1.54, 1.807) is 36.9 Å². The smallest absolute Gasteiger partial charge is 0.422 e. The van der Waals surface area contributed by atoms with Crippen LogP contribution in [0.15, 0.2) is 55.2 Å². The van der Waals surface area contributed by atoms with E-state index >= 15 is 0 Å². The second-order valence-electron chi connectivity index (χ2n) is 5.13. The van der Waals surface area contributed by atoms with Crippen molar-refractivity contribution >= 4 is 5.69 Å². The van der Waals surface area contributed by atoms with Crippen LogP contribution in [-0.2, 0) is 0 Å². The van der Waals surface area contributed by atoms with Crippen LogP contribution in [0.25, 0.3) is 0 Å². The summed E-state index contributed by atoms with van der Waals surface area (Å²) in [5.74, 6) is 0.573. The second-order valence-corrected chi connectivity index (χ2v) is 5.13. The molecule has 130 valence electrons. The highest BCUT2D eigenvalue weighted by Gasteiger charge is 2.28. The molecular formula is C16H14F3N5O. The van der Waals surface area contributed by atoms with Crippen molar-refractivity contribution in [2.45, 2.75) is 12.2 Å². The number of aromatic amines is 1. The maximum absolute atomic E-state index is 12.2. The molecule has 0 aromatic carbocycles. The topological polar surface area (TPSA) is 75.7 Å². The quantitative estimate of drug-likeness (QED) is 0.714. The molecule has 0 aliphatic rings. The van der Waals surface area contributed by atoms with E-state index in [0.29, 0.717) is 11.5 Å². The van der Waals surface area contributed by atoms with Crippen LogP contribution in [-0.4, -0.2) is 32.7 Å². The zero-order valence-corrected chi connectivity index (χ0v) is 12.9. The number of H-pyrrole nitrogens is 1. The fraction of sp³-hybridized carbons (Fsp3) is 0.188. The van der Waals surface area contributed by atoms with Gasteiger partial charge in [0.05, 0.1) is 11.9 Å². The fourth-order valence-corrected chi connectivity index (χ4v) is 2.17. The lowest BCUT2D eigenvalue weighted by atomic mass is 10.1. The highest BCUT2D eigenvalue weighted by atomic mass is 19.4. The van der Waals surface area contributed by atoms with Gasteiger partial charge >= 0.3 is 6.18 Å². The molecule has 0 aliphatic heterocycles. The third-order valence-corrected chi connectivity index (χ3v) is 3.24. The van der Waals surface area contributed by atoms with Crippen molar-refractivity contribution in [3.05, 3.63) is 66.6 Å². The van der Waals surface area contributed by atoms with Gasteiger partial charge in [-0.15, -0.1) is 0 Å². The molecule has 3 rings (SSSR count). The molecule has 1 atom stereocenters. The molecule has 3 aromatic heterocycles. The highest BCUT2D eigenvalue weighted by Crippen LogP contribution is 2.24. The third-order valence-electron chi connectivity index (χ3n) is 3.24. The van der Waals surface area contributed by atoms with Gasteiger partial charge in [-0.05, 0) is 12.1 Å². The lowest BCUT2D eigenvalue weighted by Crippen LogP contribution is -2.19. The lowest BCUT2D eigenvalue weighted by molar-refractivity contribution is -0.154. The monoisotopic (exact) mass is 349 g/mol. The Morgan fingerprint density at radius 2 is 2.00 bits per heavy atom. The standard InChI is InChI=1S/C16H14F3N5O/c17-16(18,19)10-25-13-4-3-12(9-23-13)24-14(15-21-6-7-22-15)11-2-1-5-20-8-11/h1-9,14,24H,10H2,(H,21,22). The number of anilines is 1. The Morgan fingerprint density at radius 3 is 2.60 bits per heavy atom. The molecule has 0 bridgehead atoms. The van der Waals surface area contributed by atoms with Crippen molar-refractivity contribution in [3.8, 4) is 5.88 Å². The molecule has 0 fully saturated rings. The number of hydrogen-bond donors (Lipinski definition) is 2. The van der Waals surface area contributed by atoms with Gasteiger partial charge in [0.2, 0.25) is 5.88 Å². The van der Waals surface area contributed by atoms with Crippen LogP contribution in [0.1, 0.15) is 17.4 Å². The van der Waals surface area contributed by atoms with Crippen LogP contribution in [0.2, 0.25) is 0 Å². The van der Waals surface area contributed by atoms with Gasteiger partial charge in [-0.1, -0.05) is 6.07 Å². The molecule has 0 aliphatic carbocycles. The van der Waals surface area contributed by atoms with Gasteiger partial charge < -0.3 is 15.0 Å². The SMILES string of the molecule is FC(F)(F)COc1ccc(NC(c2cccnc2)c2ncc[nH]2)cn1. The predicted molar refractivity (Wildman–Crippen MR) is 84.1 cm³/mol. The first-order valence-electron chi connectivity index (χ1n) is 7.32. The summed E-state index contributed by atoms with van der Waals surface area (Å²) >= 11 is 0. The van der Waals surface area contributed by atoms with Gasteiger partial charge in [0.15, 0.2) is 6.61 Å². The Hall–Kier alpha value is -3.10. The Morgan fingerprint density at radius 1 is 1.12 bits per heavy atom. The Kier molecular flexibility index (Phi) is 4.82. The number of aromatic nitrogens is 4. The van der Waals surface area contributed by atoms with Crippen molar-refractivity contribution in [1.29, 1.82) is 0 Å². The van der Waals surface area contributed by atoms with Crippen LogP contribution >= 0.6 is 0 Å². The van der Waals surface area contributed by atoms with Crippen molar-refractivity contribution in [1.82, 2.24) is 19.9 Å². The average molecular weight is 349 g/mol. The van der Waals surface area contributed by atoms with E-state index in [0.717, 1.165) is 5.56 Å². The number of rotatable bonds is 6. The molecule has 0 spiro atoms. The Labute approximate surface area is 141 Å². The van der Waals surface area contributed by atoms with Gasteiger partial charge in [0.1, 0.15) is 11.9 Å². The first-order chi connectivity index (χ1) is 12.0. The number of pyridine rings is 2. The number of nitrogens with one attached hydrogen (secondary N) is 2. The number of alkyl halides is 3. The summed E-state index contributed by atoms with van der Waals surface area (Å²) in [5, 5.41) is 3.22. The molecule has 0 saturated heterocycles. The summed E-state index contributed by atoms with van der Waals surface area (Å²) in [6.07, 6.45) is 3.70. The van der Waals surface area contributed by atoms with Gasteiger partial charge in [0, 0.05) is 36.4 Å². The Bertz CT molecular complexity index is 776. The van der Waals surface area contributed by atoms with E-state index in [9.17, 15) is 13.2 Å². The van der Waals surface area contributed by atoms with Crippen LogP contribution in [0.4, 0.5) is 18.9 Å². The zero-order chi connectivity index (χ0) is 17.7. The lowest BCUT2D eigenvalue weighted by Gasteiger charge is -2.18. The Balaban J connectivity index is 1.74. The molecular weight excluding hydrogens is 335 g/mol. The summed E-state index contributed by atoms with van der Waals surface area (Å²) in [7, 11) is 0. The molecule has 1 unspecified atom stereocenters. The largest absolute Gasteiger partial charge is 0.468 e. The van der Waals surface area contributed by atoms with Crippen LogP contribution in [0.3, 0.4) is 0 Å². The first-order valence-corrected chi connectivity index (χ1v) is 7.32. The molecule has 6 nitrogen and oxygen atoms in total. The maximum Gasteiger partial charge on any atom is 0.422 e. The molecule has 9 heteroatoms. The normalized spacial score (nSPS) is 12.6. The minimum atomic E-state index is -4.40. The first kappa shape index (κ1) is 16.7. The van der Waals surface area contributed by atoms with Crippen molar-refractivity contribution < 1.29 is 17.9 Å². The minimum absolute atomic E-state index is 0.0983. The average Bonchev–Trinajstić information content (AvgIpc) is 3.13. The maximum atomic E-state index is 12.2. The van der Waals surface area contributed by atoms with Gasteiger partial charge in [-0.25, -0.2) is 9.97 Å². The summed E-state index contributed by atoms with van der Waals surface area (Å²) in [4.78, 5) is 15.3. The number of halogens is 3. The number of ether oxygens (including phenoxy) is 1. The summed E-state index contributed by atoms with van der Waals surface area (Å²) in [6, 6.07) is 6.34. The minimum Gasteiger partial charge on any atom is -0.468 e. The van der Waals surface area contributed by atoms with Gasteiger partial charge in [-0.3, -0.25) is 4.98 Å². The van der Waals surface area contributed by atoms with E-state index in [1.165, 1.54) is 12.3 Å². The molecule has 2 N–H and O–H groups in total. The van der Waals surface area contributed by atoms with Crippen LogP contribution in [0, 0.1) is 0 Å². The molecule has 0 saturated carbocycles. The molecule has 0 amide bonds. The highest BCUT2D eigenvalue weighted by molar-refractivity contribution is 5.46. The van der Waals surface area contributed by atoms with Crippen molar-refractivity contribution in [2.75, 3.05) is 11.9 Å². The van der Waals surface area contributed by atoms with Gasteiger partial charge in [0.25, 0.3) is 0 Å². The van der Waals surface area contributed by atoms with Gasteiger partial charge in [-0.2, -0.15) is 13.2 Å². The molecule has 0 radical (unpaired) electrons. The van der Waals surface area contributed by atoms with Crippen LogP contribution < -0.4 is 10.1 Å². The summed E-state index contributed by atoms with van der Waals surface area (Å²) in [5.41, 5.74) is 1.47. The molecule has 3 aromatic rings. The van der Waals surface area contributed by atoms with E-state index < -0.39 is 12.8 Å². The fourth-order valence-electron chi connectivity index (χ4n) is 2.17. The summed E-state index contributed by atoms with van der Waals surface area (Å²) < 4.78 is 41.1. The van der Waals surface area contributed by atoms with E-state index in [4.69, 9.17) is 0 Å². The van der Waals surface area contributed by atoms with Crippen LogP contribution in [0.5, 0.6) is 5.88 Å². The van der Waals surface area contributed by atoms with E-state index in [2.05, 4.69) is 30.0 Å². The molecule has 25 heavy (non-hydrogen) atoms. The zero-order valence-electron chi connectivity index (χ0n) is 12.9. The summed E-state index contributed by atoms with van der Waals surface area (Å²) in [6.45, 7) is -1.38. The van der Waals surface area contributed by atoms with Crippen molar-refractivity contribution in [2.24, 2.45) is 0 Å². The van der Waals surface area contributed by atoms with Crippen molar-refractivity contribution in [3.63, 3.8) is 0 Å². The predicted octanol–water partition coefficient (Wildman–Crippen LogP) is 3.34. The third kappa shape index (κ3) is 4.69. The number of hydrogen-bond acceptors (Lipinski definition) is 5. The second kappa shape index (κ2) is 7.20.